The third-order valence-corrected chi connectivity index (χ3v) is 3.56. The zero-order valence-electron chi connectivity index (χ0n) is 9.65. The molecule has 88 valence electrons. The number of hydrogen-bond acceptors (Lipinski definition) is 3. The second kappa shape index (κ2) is 4.53. The lowest BCUT2D eigenvalue weighted by Crippen LogP contribution is -2.60. The molecule has 16 heavy (non-hydrogen) atoms. The first-order chi connectivity index (χ1) is 7.73. The van der Waals surface area contributed by atoms with E-state index in [0.29, 0.717) is 13.2 Å². The van der Waals surface area contributed by atoms with E-state index in [-0.39, 0.29) is 18.1 Å². The third kappa shape index (κ3) is 1.75. The van der Waals surface area contributed by atoms with E-state index in [4.69, 9.17) is 10.5 Å². The molecule has 1 aromatic carbocycles. The lowest BCUT2D eigenvalue weighted by Gasteiger charge is -2.45. The van der Waals surface area contributed by atoms with E-state index in [1.165, 1.54) is 11.1 Å². The van der Waals surface area contributed by atoms with Crippen molar-refractivity contribution >= 4 is 0 Å². The van der Waals surface area contributed by atoms with Gasteiger partial charge in [0.15, 0.2) is 0 Å². The van der Waals surface area contributed by atoms with Crippen molar-refractivity contribution in [2.45, 2.75) is 24.8 Å². The number of aryl methyl sites for hydroxylation is 1. The molecule has 1 fully saturated rings. The van der Waals surface area contributed by atoms with Gasteiger partial charge in [-0.25, -0.2) is 0 Å². The standard InChI is InChI=1S/C13H19NO2/c1-2-10-3-5-11(6-4-10)13(8-16-9-13)12(14)7-15/h3-6,12,15H,2,7-9,14H2,1H3. The van der Waals surface area contributed by atoms with Crippen LogP contribution in [-0.4, -0.2) is 31.0 Å². The number of aliphatic hydroxyl groups is 1. The van der Waals surface area contributed by atoms with Crippen LogP contribution in [0.25, 0.3) is 0 Å². The van der Waals surface area contributed by atoms with Gasteiger partial charge >= 0.3 is 0 Å². The summed E-state index contributed by atoms with van der Waals surface area (Å²) in [5, 5.41) is 9.22. The van der Waals surface area contributed by atoms with Crippen molar-refractivity contribution in [1.29, 1.82) is 0 Å². The molecule has 1 heterocycles. The zero-order valence-corrected chi connectivity index (χ0v) is 9.65. The van der Waals surface area contributed by atoms with Crippen LogP contribution < -0.4 is 5.73 Å². The lowest BCUT2D eigenvalue weighted by molar-refractivity contribution is -0.0798. The Balaban J connectivity index is 2.26. The Labute approximate surface area is 96.2 Å². The van der Waals surface area contributed by atoms with Crippen LogP contribution in [0.5, 0.6) is 0 Å². The van der Waals surface area contributed by atoms with Gasteiger partial charge in [-0.05, 0) is 17.5 Å². The second-order valence-electron chi connectivity index (χ2n) is 4.49. The largest absolute Gasteiger partial charge is 0.395 e. The first-order valence-electron chi connectivity index (χ1n) is 5.76. The van der Waals surface area contributed by atoms with Crippen LogP contribution in [0.3, 0.4) is 0 Å². The molecule has 0 aliphatic carbocycles. The number of ether oxygens (including phenoxy) is 1. The first kappa shape index (κ1) is 11.6. The molecule has 0 bridgehead atoms. The van der Waals surface area contributed by atoms with E-state index in [2.05, 4.69) is 31.2 Å². The summed E-state index contributed by atoms with van der Waals surface area (Å²) >= 11 is 0. The van der Waals surface area contributed by atoms with Gasteiger partial charge in [-0.1, -0.05) is 31.2 Å². The van der Waals surface area contributed by atoms with Crippen molar-refractivity contribution in [1.82, 2.24) is 0 Å². The molecule has 3 heteroatoms. The van der Waals surface area contributed by atoms with Gasteiger partial charge in [0, 0.05) is 6.04 Å². The number of hydrogen-bond donors (Lipinski definition) is 2. The molecule has 1 atom stereocenters. The Bertz CT molecular complexity index is 343. The van der Waals surface area contributed by atoms with Crippen LogP contribution in [-0.2, 0) is 16.6 Å². The molecule has 0 radical (unpaired) electrons. The van der Waals surface area contributed by atoms with Crippen molar-refractivity contribution in [3.63, 3.8) is 0 Å². The minimum atomic E-state index is -0.242. The van der Waals surface area contributed by atoms with Crippen molar-refractivity contribution in [3.8, 4) is 0 Å². The van der Waals surface area contributed by atoms with E-state index in [1.807, 2.05) is 0 Å². The Morgan fingerprint density at radius 2 is 2.00 bits per heavy atom. The molecule has 1 aliphatic rings. The highest BCUT2D eigenvalue weighted by atomic mass is 16.5. The smallest absolute Gasteiger partial charge is 0.0601 e. The summed E-state index contributed by atoms with van der Waals surface area (Å²) in [6, 6.07) is 8.22. The summed E-state index contributed by atoms with van der Waals surface area (Å²) in [4.78, 5) is 0. The van der Waals surface area contributed by atoms with Gasteiger partial charge < -0.3 is 15.6 Å². The van der Waals surface area contributed by atoms with Gasteiger partial charge in [0.1, 0.15) is 0 Å². The van der Waals surface area contributed by atoms with Crippen LogP contribution in [0.2, 0.25) is 0 Å². The molecule has 1 aromatic rings. The highest BCUT2D eigenvalue weighted by Gasteiger charge is 2.45. The van der Waals surface area contributed by atoms with Gasteiger partial charge in [0.25, 0.3) is 0 Å². The molecule has 3 N–H and O–H groups in total. The van der Waals surface area contributed by atoms with E-state index in [1.54, 1.807) is 0 Å². The topological polar surface area (TPSA) is 55.5 Å². The van der Waals surface area contributed by atoms with Crippen LogP contribution in [0, 0.1) is 0 Å². The maximum absolute atomic E-state index is 9.22. The zero-order chi connectivity index (χ0) is 11.6. The molecular formula is C13H19NO2. The minimum absolute atomic E-state index is 0.00110. The summed E-state index contributed by atoms with van der Waals surface area (Å²) in [6.45, 7) is 3.36. The molecule has 0 amide bonds. The molecule has 0 spiro atoms. The summed E-state index contributed by atoms with van der Waals surface area (Å²) in [5.41, 5.74) is 8.30. The molecule has 0 aromatic heterocycles. The predicted octanol–water partition coefficient (Wildman–Crippen LogP) is 0.837. The molecule has 2 rings (SSSR count). The quantitative estimate of drug-likeness (QED) is 0.792. The van der Waals surface area contributed by atoms with Crippen LogP contribution in [0.4, 0.5) is 0 Å². The van der Waals surface area contributed by atoms with Crippen molar-refractivity contribution in [2.24, 2.45) is 5.73 Å². The van der Waals surface area contributed by atoms with Crippen LogP contribution in [0.15, 0.2) is 24.3 Å². The fourth-order valence-electron chi connectivity index (χ4n) is 2.16. The second-order valence-corrected chi connectivity index (χ2v) is 4.49. The van der Waals surface area contributed by atoms with E-state index in [9.17, 15) is 5.11 Å². The summed E-state index contributed by atoms with van der Waals surface area (Å²) in [6.07, 6.45) is 1.04. The van der Waals surface area contributed by atoms with Gasteiger partial charge in [-0.3, -0.25) is 0 Å². The lowest BCUT2D eigenvalue weighted by atomic mass is 9.73. The van der Waals surface area contributed by atoms with Gasteiger partial charge in [-0.2, -0.15) is 0 Å². The highest BCUT2D eigenvalue weighted by Crippen LogP contribution is 2.35. The van der Waals surface area contributed by atoms with Crippen LogP contribution in [0.1, 0.15) is 18.1 Å². The fraction of sp³-hybridized carbons (Fsp3) is 0.538. The van der Waals surface area contributed by atoms with Gasteiger partial charge in [0.2, 0.25) is 0 Å². The van der Waals surface area contributed by atoms with Crippen molar-refractivity contribution in [2.75, 3.05) is 19.8 Å². The number of benzene rings is 1. The maximum Gasteiger partial charge on any atom is 0.0601 e. The number of aliphatic hydroxyl groups excluding tert-OH is 1. The van der Waals surface area contributed by atoms with E-state index < -0.39 is 0 Å². The Morgan fingerprint density at radius 1 is 1.38 bits per heavy atom. The molecular weight excluding hydrogens is 202 g/mol. The molecule has 1 aliphatic heterocycles. The monoisotopic (exact) mass is 221 g/mol. The Kier molecular flexibility index (Phi) is 3.28. The van der Waals surface area contributed by atoms with E-state index in [0.717, 1.165) is 6.42 Å². The molecule has 1 unspecified atom stereocenters. The van der Waals surface area contributed by atoms with E-state index >= 15 is 0 Å². The Morgan fingerprint density at radius 3 is 2.38 bits per heavy atom. The summed E-state index contributed by atoms with van der Waals surface area (Å²) in [5.74, 6) is 0. The highest BCUT2D eigenvalue weighted by molar-refractivity contribution is 5.33. The molecule has 1 saturated heterocycles. The minimum Gasteiger partial charge on any atom is -0.395 e. The SMILES string of the molecule is CCc1ccc(C2(C(N)CO)COC2)cc1. The number of nitrogens with two attached hydrogens (primary N) is 1. The summed E-state index contributed by atoms with van der Waals surface area (Å²) in [7, 11) is 0. The van der Waals surface area contributed by atoms with Crippen molar-refractivity contribution in [3.05, 3.63) is 35.4 Å². The fourth-order valence-corrected chi connectivity index (χ4v) is 2.16. The van der Waals surface area contributed by atoms with Crippen LogP contribution >= 0.6 is 0 Å². The summed E-state index contributed by atoms with van der Waals surface area (Å²) < 4.78 is 5.28. The third-order valence-electron chi connectivity index (χ3n) is 3.56. The molecule has 0 saturated carbocycles. The first-order valence-corrected chi connectivity index (χ1v) is 5.76. The maximum atomic E-state index is 9.22. The predicted molar refractivity (Wildman–Crippen MR) is 63.4 cm³/mol. The molecule has 3 nitrogen and oxygen atoms in total. The van der Waals surface area contributed by atoms with Gasteiger partial charge in [0.05, 0.1) is 25.2 Å². The van der Waals surface area contributed by atoms with Crippen molar-refractivity contribution < 1.29 is 9.84 Å². The van der Waals surface area contributed by atoms with Gasteiger partial charge in [-0.15, -0.1) is 0 Å². The number of rotatable bonds is 4. The average molecular weight is 221 g/mol. The average Bonchev–Trinajstić information content (AvgIpc) is 2.28. The normalized spacial score (nSPS) is 20.2. The Hall–Kier alpha value is -0.900.